The zero-order valence-electron chi connectivity index (χ0n) is 10.9. The quantitative estimate of drug-likeness (QED) is 0.802. The monoisotopic (exact) mass is 296 g/mol. The van der Waals surface area contributed by atoms with Gasteiger partial charge < -0.3 is 5.32 Å². The summed E-state index contributed by atoms with van der Waals surface area (Å²) in [6.07, 6.45) is 0. The highest BCUT2D eigenvalue weighted by Gasteiger charge is 2.10. The van der Waals surface area contributed by atoms with Crippen molar-refractivity contribution in [3.63, 3.8) is 0 Å². The van der Waals surface area contributed by atoms with Crippen LogP contribution in [0.4, 0.5) is 4.39 Å². The van der Waals surface area contributed by atoms with Gasteiger partial charge in [0, 0.05) is 13.6 Å². The van der Waals surface area contributed by atoms with Gasteiger partial charge in [-0.3, -0.25) is 19.4 Å². The molecule has 0 unspecified atom stereocenters. The molecule has 0 aliphatic rings. The molecule has 2 N–H and O–H groups in total. The molecule has 2 aromatic rings. The summed E-state index contributed by atoms with van der Waals surface area (Å²) in [5, 5.41) is 5.46. The third kappa shape index (κ3) is 3.14. The maximum atomic E-state index is 13.9. The highest BCUT2D eigenvalue weighted by molar-refractivity contribution is 7.99. The molecule has 0 radical (unpaired) electrons. The molecule has 0 fully saturated rings. The van der Waals surface area contributed by atoms with Gasteiger partial charge in [0.2, 0.25) is 0 Å². The van der Waals surface area contributed by atoms with E-state index >= 15 is 0 Å². The predicted molar refractivity (Wildman–Crippen MR) is 73.4 cm³/mol. The standard InChI is InChI=1S/C12H13FN4O2S/c1-14-6-7-3-4-9(8(13)5-7)20-12-15-10(18)11(19)16-17(12)2/h3-5,14H,6H2,1-2H3,(H,16,19). The van der Waals surface area contributed by atoms with Crippen LogP contribution in [0.25, 0.3) is 0 Å². The van der Waals surface area contributed by atoms with Crippen molar-refractivity contribution >= 4 is 11.8 Å². The first kappa shape index (κ1) is 14.5. The van der Waals surface area contributed by atoms with Crippen molar-refractivity contribution < 1.29 is 4.39 Å². The minimum Gasteiger partial charge on any atom is -0.316 e. The summed E-state index contributed by atoms with van der Waals surface area (Å²) in [6.45, 7) is 0.567. The molecule has 2 rings (SSSR count). The van der Waals surface area contributed by atoms with E-state index < -0.39 is 16.9 Å². The topological polar surface area (TPSA) is 79.8 Å². The molecule has 1 heterocycles. The molecule has 1 aromatic carbocycles. The summed E-state index contributed by atoms with van der Waals surface area (Å²) in [4.78, 5) is 26.3. The van der Waals surface area contributed by atoms with Crippen LogP contribution >= 0.6 is 11.8 Å². The van der Waals surface area contributed by atoms with Gasteiger partial charge in [-0.15, -0.1) is 0 Å². The van der Waals surface area contributed by atoms with Gasteiger partial charge in [-0.05, 0) is 36.5 Å². The molecule has 0 bridgehead atoms. The van der Waals surface area contributed by atoms with Gasteiger partial charge in [0.05, 0.1) is 4.90 Å². The molecule has 0 saturated heterocycles. The van der Waals surface area contributed by atoms with E-state index in [-0.39, 0.29) is 5.16 Å². The molecular formula is C12H13FN4O2S. The SMILES string of the molecule is CNCc1ccc(Sc2nc(=O)c(=O)[nH]n2C)c(F)c1. The number of aromatic nitrogens is 3. The molecule has 0 amide bonds. The molecule has 6 nitrogen and oxygen atoms in total. The minimum atomic E-state index is -0.891. The fourth-order valence-electron chi connectivity index (χ4n) is 1.59. The number of nitrogens with zero attached hydrogens (tertiary/aromatic N) is 2. The normalized spacial score (nSPS) is 10.8. The third-order valence-electron chi connectivity index (χ3n) is 2.53. The first-order valence-electron chi connectivity index (χ1n) is 5.79. The van der Waals surface area contributed by atoms with E-state index in [9.17, 15) is 14.0 Å². The number of nitrogens with one attached hydrogen (secondary N) is 2. The second-order valence-corrected chi connectivity index (χ2v) is 5.11. The van der Waals surface area contributed by atoms with E-state index in [2.05, 4.69) is 15.4 Å². The zero-order valence-corrected chi connectivity index (χ0v) is 11.8. The van der Waals surface area contributed by atoms with E-state index in [1.165, 1.54) is 17.8 Å². The molecule has 1 aromatic heterocycles. The van der Waals surface area contributed by atoms with E-state index in [4.69, 9.17) is 0 Å². The predicted octanol–water partition coefficient (Wildman–Crippen LogP) is 0.478. The van der Waals surface area contributed by atoms with Crippen molar-refractivity contribution in [2.45, 2.75) is 16.6 Å². The highest BCUT2D eigenvalue weighted by atomic mass is 32.2. The van der Waals surface area contributed by atoms with Crippen LogP contribution in [0.2, 0.25) is 0 Å². The number of aromatic amines is 1. The highest BCUT2D eigenvalue weighted by Crippen LogP contribution is 2.27. The number of aryl methyl sites for hydroxylation is 1. The van der Waals surface area contributed by atoms with Gasteiger partial charge in [-0.1, -0.05) is 6.07 Å². The summed E-state index contributed by atoms with van der Waals surface area (Å²) < 4.78 is 15.2. The van der Waals surface area contributed by atoms with Gasteiger partial charge in [-0.2, -0.15) is 4.98 Å². The Morgan fingerprint density at radius 1 is 1.45 bits per heavy atom. The Kier molecular flexibility index (Phi) is 4.35. The van der Waals surface area contributed by atoms with Gasteiger partial charge in [0.15, 0.2) is 5.16 Å². The van der Waals surface area contributed by atoms with Crippen molar-refractivity contribution in [1.29, 1.82) is 0 Å². The van der Waals surface area contributed by atoms with Crippen molar-refractivity contribution in [3.05, 3.63) is 50.3 Å². The van der Waals surface area contributed by atoms with Gasteiger partial charge in [-0.25, -0.2) is 4.39 Å². The Bertz CT molecular complexity index is 741. The number of hydrogen-bond donors (Lipinski definition) is 2. The second-order valence-electron chi connectivity index (χ2n) is 4.10. The molecule has 0 aliphatic heterocycles. The van der Waals surface area contributed by atoms with E-state index in [1.54, 1.807) is 19.2 Å². The van der Waals surface area contributed by atoms with Crippen LogP contribution in [0, 0.1) is 5.82 Å². The van der Waals surface area contributed by atoms with Crippen LogP contribution in [-0.2, 0) is 13.6 Å². The Labute approximate surface area is 118 Å². The molecule has 8 heteroatoms. The first-order valence-corrected chi connectivity index (χ1v) is 6.61. The molecule has 0 atom stereocenters. The van der Waals surface area contributed by atoms with E-state index in [0.717, 1.165) is 17.3 Å². The number of rotatable bonds is 4. The lowest BCUT2D eigenvalue weighted by molar-refractivity contribution is 0.586. The van der Waals surface area contributed by atoms with Crippen molar-refractivity contribution in [3.8, 4) is 0 Å². The van der Waals surface area contributed by atoms with Crippen molar-refractivity contribution in [2.24, 2.45) is 7.05 Å². The summed E-state index contributed by atoms with van der Waals surface area (Å²) in [7, 11) is 3.31. The van der Waals surface area contributed by atoms with Crippen molar-refractivity contribution in [1.82, 2.24) is 20.1 Å². The molecule has 0 aliphatic carbocycles. The van der Waals surface area contributed by atoms with Crippen LogP contribution in [0.3, 0.4) is 0 Å². The van der Waals surface area contributed by atoms with Crippen LogP contribution in [0.5, 0.6) is 0 Å². The lowest BCUT2D eigenvalue weighted by atomic mass is 10.2. The van der Waals surface area contributed by atoms with Gasteiger partial charge in [0.1, 0.15) is 5.82 Å². The summed E-state index contributed by atoms with van der Waals surface area (Å²) in [6, 6.07) is 4.82. The molecule has 0 saturated carbocycles. The molecule has 0 spiro atoms. The smallest absolute Gasteiger partial charge is 0.316 e. The van der Waals surface area contributed by atoms with Crippen LogP contribution in [-0.4, -0.2) is 21.8 Å². The molecule has 106 valence electrons. The van der Waals surface area contributed by atoms with E-state index in [1.807, 2.05) is 0 Å². The zero-order chi connectivity index (χ0) is 14.7. The van der Waals surface area contributed by atoms with Crippen LogP contribution in [0.1, 0.15) is 5.56 Å². The average Bonchev–Trinajstić information content (AvgIpc) is 2.39. The summed E-state index contributed by atoms with van der Waals surface area (Å²) in [5.41, 5.74) is -0.878. The average molecular weight is 296 g/mol. The van der Waals surface area contributed by atoms with Crippen molar-refractivity contribution in [2.75, 3.05) is 7.05 Å². The second kappa shape index (κ2) is 6.02. The Hall–Kier alpha value is -1.93. The molecule has 20 heavy (non-hydrogen) atoms. The third-order valence-corrected chi connectivity index (χ3v) is 3.62. The largest absolute Gasteiger partial charge is 0.339 e. The number of H-pyrrole nitrogens is 1. The maximum Gasteiger partial charge on any atom is 0.339 e. The Morgan fingerprint density at radius 2 is 2.20 bits per heavy atom. The van der Waals surface area contributed by atoms with Gasteiger partial charge >= 0.3 is 11.1 Å². The number of benzene rings is 1. The lowest BCUT2D eigenvalue weighted by Gasteiger charge is -2.08. The van der Waals surface area contributed by atoms with Crippen LogP contribution < -0.4 is 16.4 Å². The summed E-state index contributed by atoms with van der Waals surface area (Å²) in [5.74, 6) is -0.400. The fraction of sp³-hybridized carbons (Fsp3) is 0.250. The van der Waals surface area contributed by atoms with E-state index in [0.29, 0.717) is 11.4 Å². The maximum absolute atomic E-state index is 13.9. The van der Waals surface area contributed by atoms with Gasteiger partial charge in [0.25, 0.3) is 0 Å². The number of hydrogen-bond acceptors (Lipinski definition) is 5. The number of halogens is 1. The fourth-order valence-corrected chi connectivity index (χ4v) is 2.39. The molecular weight excluding hydrogens is 283 g/mol. The Balaban J connectivity index is 2.33. The minimum absolute atomic E-state index is 0.217. The summed E-state index contributed by atoms with van der Waals surface area (Å²) >= 11 is 0.977. The Morgan fingerprint density at radius 3 is 2.85 bits per heavy atom. The van der Waals surface area contributed by atoms with Crippen LogP contribution in [0.15, 0.2) is 37.8 Å². The first-order chi connectivity index (χ1) is 9.51. The lowest BCUT2D eigenvalue weighted by Crippen LogP contribution is -2.33.